The van der Waals surface area contributed by atoms with Crippen molar-refractivity contribution < 1.29 is 4.74 Å². The van der Waals surface area contributed by atoms with E-state index < -0.39 is 0 Å². The fourth-order valence-corrected chi connectivity index (χ4v) is 1.92. The largest absolute Gasteiger partial charge is 0.497 e. The van der Waals surface area contributed by atoms with Gasteiger partial charge in [0.1, 0.15) is 5.75 Å². The van der Waals surface area contributed by atoms with Crippen LogP contribution in [0.2, 0.25) is 0 Å². The second kappa shape index (κ2) is 4.05. The summed E-state index contributed by atoms with van der Waals surface area (Å²) in [6, 6.07) is 10.4. The summed E-state index contributed by atoms with van der Waals surface area (Å²) < 4.78 is 7.37. The van der Waals surface area contributed by atoms with Gasteiger partial charge in [-0.25, -0.2) is 0 Å². The monoisotopic (exact) mass is 215 g/mol. The highest BCUT2D eigenvalue weighted by Crippen LogP contribution is 2.27. The molecule has 16 heavy (non-hydrogen) atoms. The molecule has 1 aromatic heterocycles. The molecule has 0 saturated carbocycles. The fraction of sp³-hybridized carbons (Fsp3) is 0.286. The maximum atomic E-state index is 5.16. The molecule has 0 aliphatic carbocycles. The topological polar surface area (TPSA) is 14.2 Å². The fourth-order valence-electron chi connectivity index (χ4n) is 1.92. The summed E-state index contributed by atoms with van der Waals surface area (Å²) >= 11 is 0. The molecular formula is C14H17NO. The molecule has 0 saturated heterocycles. The van der Waals surface area contributed by atoms with Gasteiger partial charge in [-0.2, -0.15) is 0 Å². The van der Waals surface area contributed by atoms with Gasteiger partial charge >= 0.3 is 0 Å². The van der Waals surface area contributed by atoms with Crippen molar-refractivity contribution in [2.45, 2.75) is 13.8 Å². The first-order chi connectivity index (χ1) is 7.63. The highest BCUT2D eigenvalue weighted by atomic mass is 16.5. The van der Waals surface area contributed by atoms with E-state index in [9.17, 15) is 0 Å². The van der Waals surface area contributed by atoms with E-state index in [1.807, 2.05) is 12.1 Å². The summed E-state index contributed by atoms with van der Waals surface area (Å²) in [6.07, 6.45) is 0. The van der Waals surface area contributed by atoms with Crippen LogP contribution in [0.15, 0.2) is 30.3 Å². The van der Waals surface area contributed by atoms with Gasteiger partial charge in [-0.05, 0) is 37.6 Å². The first-order valence-electron chi connectivity index (χ1n) is 5.41. The summed E-state index contributed by atoms with van der Waals surface area (Å²) in [5.41, 5.74) is 5.11. The Kier molecular flexibility index (Phi) is 2.73. The average Bonchev–Trinajstić information content (AvgIpc) is 2.57. The van der Waals surface area contributed by atoms with Gasteiger partial charge in [0.15, 0.2) is 0 Å². The lowest BCUT2D eigenvalue weighted by molar-refractivity contribution is 0.415. The molecule has 2 heteroatoms. The third kappa shape index (κ3) is 1.71. The maximum absolute atomic E-state index is 5.16. The van der Waals surface area contributed by atoms with Crippen molar-refractivity contribution >= 4 is 0 Å². The van der Waals surface area contributed by atoms with Crippen molar-refractivity contribution in [3.8, 4) is 16.9 Å². The number of hydrogen-bond acceptors (Lipinski definition) is 1. The molecule has 1 aromatic carbocycles. The molecule has 0 spiro atoms. The van der Waals surface area contributed by atoms with E-state index in [2.05, 4.69) is 43.7 Å². The lowest BCUT2D eigenvalue weighted by Gasteiger charge is -2.04. The zero-order chi connectivity index (χ0) is 11.7. The van der Waals surface area contributed by atoms with E-state index in [0.717, 1.165) is 5.75 Å². The minimum atomic E-state index is 0.897. The van der Waals surface area contributed by atoms with Crippen molar-refractivity contribution in [1.82, 2.24) is 4.57 Å². The SMILES string of the molecule is COc1ccc(-c2cc(C)n(C)c2C)cc1. The first-order valence-corrected chi connectivity index (χ1v) is 5.41. The van der Waals surface area contributed by atoms with Crippen LogP contribution in [0.1, 0.15) is 11.4 Å². The van der Waals surface area contributed by atoms with E-state index in [4.69, 9.17) is 4.74 Å². The molecule has 2 nitrogen and oxygen atoms in total. The number of aromatic nitrogens is 1. The Morgan fingerprint density at radius 3 is 2.12 bits per heavy atom. The van der Waals surface area contributed by atoms with Crippen LogP contribution >= 0.6 is 0 Å². The lowest BCUT2D eigenvalue weighted by Crippen LogP contribution is -1.92. The van der Waals surface area contributed by atoms with Crippen LogP contribution in [0.5, 0.6) is 5.75 Å². The first kappa shape index (κ1) is 10.8. The number of methoxy groups -OCH3 is 1. The van der Waals surface area contributed by atoms with Gasteiger partial charge in [0.25, 0.3) is 0 Å². The van der Waals surface area contributed by atoms with Crippen LogP contribution in [0.4, 0.5) is 0 Å². The van der Waals surface area contributed by atoms with E-state index in [-0.39, 0.29) is 0 Å². The second-order valence-corrected chi connectivity index (χ2v) is 4.07. The summed E-state index contributed by atoms with van der Waals surface area (Å²) in [5.74, 6) is 0.897. The molecule has 0 N–H and O–H groups in total. The summed E-state index contributed by atoms with van der Waals surface area (Å²) in [5, 5.41) is 0. The normalized spacial score (nSPS) is 10.5. The molecule has 84 valence electrons. The average molecular weight is 215 g/mol. The number of aryl methyl sites for hydroxylation is 1. The minimum absolute atomic E-state index is 0.897. The number of rotatable bonds is 2. The van der Waals surface area contributed by atoms with Crippen LogP contribution in [0, 0.1) is 13.8 Å². The molecule has 0 aliphatic heterocycles. The highest BCUT2D eigenvalue weighted by Gasteiger charge is 2.07. The summed E-state index contributed by atoms with van der Waals surface area (Å²) in [6.45, 7) is 4.27. The van der Waals surface area contributed by atoms with E-state index in [1.54, 1.807) is 7.11 Å². The summed E-state index contributed by atoms with van der Waals surface area (Å²) in [7, 11) is 3.78. The lowest BCUT2D eigenvalue weighted by atomic mass is 10.1. The maximum Gasteiger partial charge on any atom is 0.118 e. The molecule has 0 unspecified atom stereocenters. The van der Waals surface area contributed by atoms with Crippen molar-refractivity contribution in [2.75, 3.05) is 7.11 Å². The Labute approximate surface area is 96.5 Å². The Morgan fingerprint density at radius 2 is 1.69 bits per heavy atom. The third-order valence-corrected chi connectivity index (χ3v) is 3.18. The number of hydrogen-bond donors (Lipinski definition) is 0. The van der Waals surface area contributed by atoms with Gasteiger partial charge in [-0.15, -0.1) is 0 Å². The Bertz CT molecular complexity index is 494. The van der Waals surface area contributed by atoms with E-state index in [0.29, 0.717) is 0 Å². The van der Waals surface area contributed by atoms with Gasteiger partial charge in [0.05, 0.1) is 7.11 Å². The van der Waals surface area contributed by atoms with Gasteiger partial charge in [0, 0.05) is 24.0 Å². The minimum Gasteiger partial charge on any atom is -0.497 e. The highest BCUT2D eigenvalue weighted by molar-refractivity contribution is 5.67. The Balaban J connectivity index is 2.46. The van der Waals surface area contributed by atoms with Crippen LogP contribution < -0.4 is 4.74 Å². The number of ether oxygens (including phenoxy) is 1. The van der Waals surface area contributed by atoms with E-state index >= 15 is 0 Å². The number of nitrogens with zero attached hydrogens (tertiary/aromatic N) is 1. The predicted octanol–water partition coefficient (Wildman–Crippen LogP) is 3.32. The van der Waals surface area contributed by atoms with Crippen molar-refractivity contribution in [3.05, 3.63) is 41.7 Å². The molecule has 0 amide bonds. The smallest absolute Gasteiger partial charge is 0.118 e. The van der Waals surface area contributed by atoms with Crippen molar-refractivity contribution in [2.24, 2.45) is 7.05 Å². The van der Waals surface area contributed by atoms with Crippen molar-refractivity contribution in [3.63, 3.8) is 0 Å². The standard InChI is InChI=1S/C14H17NO/c1-10-9-14(11(2)15(10)3)12-5-7-13(16-4)8-6-12/h5-9H,1-4H3. The van der Waals surface area contributed by atoms with Crippen LogP contribution in [-0.4, -0.2) is 11.7 Å². The molecule has 2 rings (SSSR count). The second-order valence-electron chi connectivity index (χ2n) is 4.07. The molecule has 0 radical (unpaired) electrons. The van der Waals surface area contributed by atoms with Crippen LogP contribution in [0.25, 0.3) is 11.1 Å². The zero-order valence-corrected chi connectivity index (χ0v) is 10.2. The van der Waals surface area contributed by atoms with Crippen molar-refractivity contribution in [1.29, 1.82) is 0 Å². The Morgan fingerprint density at radius 1 is 1.06 bits per heavy atom. The van der Waals surface area contributed by atoms with Gasteiger partial charge in [0.2, 0.25) is 0 Å². The predicted molar refractivity (Wildman–Crippen MR) is 66.9 cm³/mol. The van der Waals surface area contributed by atoms with Crippen LogP contribution in [0.3, 0.4) is 0 Å². The van der Waals surface area contributed by atoms with Gasteiger partial charge < -0.3 is 9.30 Å². The van der Waals surface area contributed by atoms with Crippen LogP contribution in [-0.2, 0) is 7.05 Å². The van der Waals surface area contributed by atoms with Gasteiger partial charge in [-0.3, -0.25) is 0 Å². The molecule has 1 heterocycles. The van der Waals surface area contributed by atoms with Gasteiger partial charge in [-0.1, -0.05) is 12.1 Å². The number of benzene rings is 1. The molecular weight excluding hydrogens is 198 g/mol. The third-order valence-electron chi connectivity index (χ3n) is 3.18. The zero-order valence-electron chi connectivity index (χ0n) is 10.2. The molecule has 2 aromatic rings. The molecule has 0 bridgehead atoms. The molecule has 0 atom stereocenters. The quantitative estimate of drug-likeness (QED) is 0.749. The Hall–Kier alpha value is -1.70. The molecule has 0 aliphatic rings. The summed E-state index contributed by atoms with van der Waals surface area (Å²) in [4.78, 5) is 0. The molecule has 0 fully saturated rings. The van der Waals surface area contributed by atoms with E-state index in [1.165, 1.54) is 22.5 Å².